The maximum Gasteiger partial charge on any atom is 0.262 e. The van der Waals surface area contributed by atoms with Crippen LogP contribution in [0.3, 0.4) is 0 Å². The molecule has 118 valence electrons. The summed E-state index contributed by atoms with van der Waals surface area (Å²) in [7, 11) is 0. The van der Waals surface area contributed by atoms with Crippen molar-refractivity contribution in [3.8, 4) is 5.69 Å². The van der Waals surface area contributed by atoms with Crippen LogP contribution in [-0.2, 0) is 4.79 Å². The molecule has 0 aliphatic carbocycles. The third kappa shape index (κ3) is 3.61. The zero-order valence-corrected chi connectivity index (χ0v) is 12.3. The van der Waals surface area contributed by atoms with E-state index in [1.807, 2.05) is 30.3 Å². The van der Waals surface area contributed by atoms with Gasteiger partial charge >= 0.3 is 0 Å². The van der Waals surface area contributed by atoms with Crippen LogP contribution in [0.2, 0.25) is 0 Å². The fourth-order valence-electron chi connectivity index (χ4n) is 2.24. The predicted molar refractivity (Wildman–Crippen MR) is 80.8 cm³/mol. The molecule has 3 rings (SSSR count). The average Bonchev–Trinajstić information content (AvgIpc) is 3.06. The van der Waals surface area contributed by atoms with Crippen molar-refractivity contribution >= 4 is 24.0 Å². The number of para-hydroxylation sites is 1. The van der Waals surface area contributed by atoms with E-state index < -0.39 is 30.8 Å². The summed E-state index contributed by atoms with van der Waals surface area (Å²) in [4.78, 5) is 11.9. The van der Waals surface area contributed by atoms with Gasteiger partial charge in [-0.05, 0) is 12.1 Å². The molecule has 1 fully saturated rings. The maximum absolute atomic E-state index is 13.1. The highest BCUT2D eigenvalue weighted by atomic mass is 35.5. The van der Waals surface area contributed by atoms with E-state index in [0.29, 0.717) is 5.69 Å². The van der Waals surface area contributed by atoms with Gasteiger partial charge in [-0.2, -0.15) is 5.10 Å². The molecule has 0 spiro atoms. The number of hydrogen-bond acceptors (Lipinski definition) is 3. The number of rotatable bonds is 3. The summed E-state index contributed by atoms with van der Waals surface area (Å²) in [5.74, 6) is -3.30. The highest BCUT2D eigenvalue weighted by Gasteiger charge is 2.42. The summed E-state index contributed by atoms with van der Waals surface area (Å²) in [6.45, 7) is -0.464. The van der Waals surface area contributed by atoms with E-state index in [2.05, 4.69) is 15.7 Å². The number of nitrogens with one attached hydrogen (secondary N) is 2. The van der Waals surface area contributed by atoms with Gasteiger partial charge in [-0.1, -0.05) is 18.2 Å². The van der Waals surface area contributed by atoms with Crippen molar-refractivity contribution in [2.75, 3.05) is 11.9 Å². The quantitative estimate of drug-likeness (QED) is 0.908. The van der Waals surface area contributed by atoms with Gasteiger partial charge < -0.3 is 5.32 Å². The van der Waals surface area contributed by atoms with Crippen molar-refractivity contribution in [2.24, 2.45) is 0 Å². The molecule has 1 aliphatic heterocycles. The van der Waals surface area contributed by atoms with Crippen molar-refractivity contribution in [1.29, 1.82) is 0 Å². The fourth-order valence-corrected chi connectivity index (χ4v) is 2.24. The van der Waals surface area contributed by atoms with Gasteiger partial charge in [-0.15, -0.1) is 12.4 Å². The van der Waals surface area contributed by atoms with Crippen LogP contribution in [0.1, 0.15) is 6.42 Å². The normalized spacial score (nSPS) is 19.5. The first-order valence-electron chi connectivity index (χ1n) is 6.56. The first-order chi connectivity index (χ1) is 10.0. The number of benzene rings is 1. The van der Waals surface area contributed by atoms with Gasteiger partial charge in [0.25, 0.3) is 5.92 Å². The molecule has 0 saturated carbocycles. The second-order valence-corrected chi connectivity index (χ2v) is 4.99. The van der Waals surface area contributed by atoms with E-state index in [1.54, 1.807) is 10.9 Å². The molecule has 0 bridgehead atoms. The van der Waals surface area contributed by atoms with Gasteiger partial charge in [0, 0.05) is 6.42 Å². The van der Waals surface area contributed by atoms with Crippen LogP contribution in [0.5, 0.6) is 0 Å². The Morgan fingerprint density at radius 3 is 2.73 bits per heavy atom. The first-order valence-corrected chi connectivity index (χ1v) is 6.56. The maximum atomic E-state index is 13.1. The number of hydrogen-bond donors (Lipinski definition) is 2. The van der Waals surface area contributed by atoms with Crippen LogP contribution >= 0.6 is 12.4 Å². The van der Waals surface area contributed by atoms with Gasteiger partial charge in [-0.25, -0.2) is 13.5 Å². The highest BCUT2D eigenvalue weighted by molar-refractivity contribution is 5.95. The lowest BCUT2D eigenvalue weighted by atomic mass is 10.2. The third-order valence-corrected chi connectivity index (χ3v) is 3.30. The van der Waals surface area contributed by atoms with Crippen molar-refractivity contribution in [3.63, 3.8) is 0 Å². The smallest absolute Gasteiger partial charge is 0.262 e. The number of alkyl halides is 2. The predicted octanol–water partition coefficient (Wildman–Crippen LogP) is 2.23. The van der Waals surface area contributed by atoms with E-state index in [9.17, 15) is 13.6 Å². The molecule has 1 aromatic carbocycles. The molecule has 8 heteroatoms. The lowest BCUT2D eigenvalue weighted by Crippen LogP contribution is -2.35. The highest BCUT2D eigenvalue weighted by Crippen LogP contribution is 2.25. The molecule has 2 N–H and O–H groups in total. The van der Waals surface area contributed by atoms with Crippen molar-refractivity contribution in [1.82, 2.24) is 15.1 Å². The zero-order chi connectivity index (χ0) is 14.9. The van der Waals surface area contributed by atoms with Crippen LogP contribution in [-0.4, -0.2) is 34.2 Å². The minimum Gasteiger partial charge on any atom is -0.322 e. The molecule has 1 aliphatic rings. The van der Waals surface area contributed by atoms with Crippen molar-refractivity contribution < 1.29 is 13.6 Å². The molecule has 1 unspecified atom stereocenters. The van der Waals surface area contributed by atoms with Crippen LogP contribution in [0, 0.1) is 0 Å². The molecule has 22 heavy (non-hydrogen) atoms. The summed E-state index contributed by atoms with van der Waals surface area (Å²) < 4.78 is 27.7. The Hall–Kier alpha value is -1.99. The van der Waals surface area contributed by atoms with E-state index >= 15 is 0 Å². The summed E-state index contributed by atoms with van der Waals surface area (Å²) in [6, 6.07) is 8.51. The molecule has 2 heterocycles. The molecule has 1 saturated heterocycles. The van der Waals surface area contributed by atoms with Gasteiger partial charge in [-0.3, -0.25) is 10.1 Å². The Labute approximate surface area is 132 Å². The first kappa shape index (κ1) is 16.4. The van der Waals surface area contributed by atoms with Gasteiger partial charge in [0.1, 0.15) is 0 Å². The number of halogens is 3. The van der Waals surface area contributed by atoms with Crippen molar-refractivity contribution in [3.05, 3.63) is 42.7 Å². The minimum atomic E-state index is -2.82. The SMILES string of the molecule is Cl.O=C(Nc1cnn(-c2ccccc2)c1)C1CC(F)(F)CN1. The molecule has 5 nitrogen and oxygen atoms in total. The number of nitrogens with zero attached hydrogens (tertiary/aromatic N) is 2. The Balaban J connectivity index is 0.00000176. The van der Waals surface area contributed by atoms with E-state index in [4.69, 9.17) is 0 Å². The molecular weight excluding hydrogens is 314 g/mol. The lowest BCUT2D eigenvalue weighted by Gasteiger charge is -2.09. The van der Waals surface area contributed by atoms with Gasteiger partial charge in [0.15, 0.2) is 0 Å². The van der Waals surface area contributed by atoms with Gasteiger partial charge in [0.05, 0.1) is 36.4 Å². The number of aromatic nitrogens is 2. The molecular formula is C14H15ClF2N4O. The molecule has 1 aromatic heterocycles. The molecule has 1 amide bonds. The lowest BCUT2D eigenvalue weighted by molar-refractivity contribution is -0.118. The molecule has 1 atom stereocenters. The van der Waals surface area contributed by atoms with E-state index in [1.165, 1.54) is 6.20 Å². The van der Waals surface area contributed by atoms with Crippen LogP contribution < -0.4 is 10.6 Å². The molecule has 2 aromatic rings. The van der Waals surface area contributed by atoms with Crippen LogP contribution in [0.15, 0.2) is 42.7 Å². The van der Waals surface area contributed by atoms with Crippen molar-refractivity contribution in [2.45, 2.75) is 18.4 Å². The molecule has 0 radical (unpaired) electrons. The topological polar surface area (TPSA) is 59.0 Å². The Morgan fingerprint density at radius 2 is 2.09 bits per heavy atom. The summed E-state index contributed by atoms with van der Waals surface area (Å²) in [6.07, 6.45) is 2.64. The summed E-state index contributed by atoms with van der Waals surface area (Å²) >= 11 is 0. The number of carbonyl (C=O) groups excluding carboxylic acids is 1. The Kier molecular flexibility index (Phi) is 4.77. The fraction of sp³-hybridized carbons (Fsp3) is 0.286. The largest absolute Gasteiger partial charge is 0.322 e. The number of amides is 1. The minimum absolute atomic E-state index is 0. The zero-order valence-electron chi connectivity index (χ0n) is 11.5. The van der Waals surface area contributed by atoms with E-state index in [0.717, 1.165) is 5.69 Å². The standard InChI is InChI=1S/C14H14F2N4O.ClH/c15-14(16)6-12(17-9-14)13(21)19-10-7-18-20(8-10)11-4-2-1-3-5-11;/h1-5,7-8,12,17H,6,9H2,(H,19,21);1H. The Morgan fingerprint density at radius 1 is 1.36 bits per heavy atom. The van der Waals surface area contributed by atoms with Crippen LogP contribution in [0.25, 0.3) is 5.69 Å². The Bertz CT molecular complexity index is 647. The average molecular weight is 329 g/mol. The third-order valence-electron chi connectivity index (χ3n) is 3.30. The monoisotopic (exact) mass is 328 g/mol. The summed E-state index contributed by atoms with van der Waals surface area (Å²) in [5, 5.41) is 9.24. The number of anilines is 1. The van der Waals surface area contributed by atoms with E-state index in [-0.39, 0.29) is 12.4 Å². The van der Waals surface area contributed by atoms with Gasteiger partial charge in [0.2, 0.25) is 5.91 Å². The second-order valence-electron chi connectivity index (χ2n) is 4.99. The summed E-state index contributed by atoms with van der Waals surface area (Å²) in [5.41, 5.74) is 1.32. The second kappa shape index (κ2) is 6.41. The number of carbonyl (C=O) groups is 1. The van der Waals surface area contributed by atoms with Crippen LogP contribution in [0.4, 0.5) is 14.5 Å².